The molecule has 0 aromatic carbocycles. The molecule has 0 aromatic rings. The van der Waals surface area contributed by atoms with Gasteiger partial charge in [0, 0.05) is 0 Å². The zero-order chi connectivity index (χ0) is 12.2. The normalized spacial score (nSPS) is 12.6. The van der Waals surface area contributed by atoms with Crippen molar-refractivity contribution in [1.29, 1.82) is 0 Å². The van der Waals surface area contributed by atoms with E-state index in [1.807, 2.05) is 0 Å². The molecule has 0 unspecified atom stereocenters. The van der Waals surface area contributed by atoms with E-state index >= 15 is 0 Å². The van der Waals surface area contributed by atoms with Crippen LogP contribution in [0.5, 0.6) is 0 Å². The van der Waals surface area contributed by atoms with Gasteiger partial charge in [-0.3, -0.25) is 9.11 Å². The predicted octanol–water partition coefficient (Wildman–Crippen LogP) is -3.85. The molecule has 12 heteroatoms. The van der Waals surface area contributed by atoms with Crippen LogP contribution < -0.4 is 22.9 Å². The Kier molecular flexibility index (Phi) is 6.35. The summed E-state index contributed by atoms with van der Waals surface area (Å²) in [7, 11) is -8.37. The largest absolute Gasteiger partial charge is 0.301 e. The van der Waals surface area contributed by atoms with Gasteiger partial charge in [-0.1, -0.05) is 0 Å². The Balaban J connectivity index is 0. The van der Waals surface area contributed by atoms with Gasteiger partial charge in [0.15, 0.2) is 11.0 Å². The van der Waals surface area contributed by atoms with E-state index in [0.29, 0.717) is 0 Å². The number of nitrogens with two attached hydrogens (primary N) is 4. The van der Waals surface area contributed by atoms with Crippen LogP contribution in [0.15, 0.2) is 0 Å². The van der Waals surface area contributed by atoms with Crippen molar-refractivity contribution < 1.29 is 25.9 Å². The molecule has 88 valence electrons. The number of hydrogen-bond acceptors (Lipinski definition) is 8. The van der Waals surface area contributed by atoms with Crippen LogP contribution in [-0.4, -0.2) is 36.9 Å². The average Bonchev–Trinajstić information content (AvgIpc) is 1.83. The fourth-order valence-corrected chi connectivity index (χ4v) is 0. The zero-order valence-corrected chi connectivity index (χ0v) is 8.44. The van der Waals surface area contributed by atoms with Crippen LogP contribution >= 0.6 is 0 Å². The molecule has 0 bridgehead atoms. The third-order valence-corrected chi connectivity index (χ3v) is 2.06. The Morgan fingerprint density at radius 2 is 0.786 bits per heavy atom. The molecule has 0 atom stereocenters. The van der Waals surface area contributed by atoms with Crippen LogP contribution in [0.2, 0.25) is 0 Å². The summed E-state index contributed by atoms with van der Waals surface area (Å²) in [4.78, 5) is 0. The summed E-state index contributed by atoms with van der Waals surface area (Å²) in [6, 6.07) is 0. The highest BCUT2D eigenvalue weighted by molar-refractivity contribution is 7.86. The predicted molar refractivity (Wildman–Crippen MR) is 47.4 cm³/mol. The van der Waals surface area contributed by atoms with Gasteiger partial charge in [-0.25, -0.2) is 0 Å². The summed E-state index contributed by atoms with van der Waals surface area (Å²) in [5, 5.41) is 0. The first-order valence-electron chi connectivity index (χ1n) is 2.84. The Bertz CT molecular complexity index is 306. The molecule has 0 aliphatic heterocycles. The molecule has 0 amide bonds. The lowest BCUT2D eigenvalue weighted by molar-refractivity contribution is 0.467. The molecular formula is C2H12N4O6S2. The molecule has 0 spiro atoms. The van der Waals surface area contributed by atoms with E-state index in [1.165, 1.54) is 0 Å². The average molecular weight is 252 g/mol. The maximum Gasteiger partial charge on any atom is 0.294 e. The summed E-state index contributed by atoms with van der Waals surface area (Å²) in [6.45, 7) is 0. The third-order valence-electron chi connectivity index (χ3n) is 0.688. The summed E-state index contributed by atoms with van der Waals surface area (Å²) in [6.07, 6.45) is 0. The van der Waals surface area contributed by atoms with Crippen molar-refractivity contribution in [3.05, 3.63) is 0 Å². The van der Waals surface area contributed by atoms with Gasteiger partial charge >= 0.3 is 0 Å². The van der Waals surface area contributed by atoms with Crippen molar-refractivity contribution in [2.45, 2.75) is 11.0 Å². The molecule has 14 heavy (non-hydrogen) atoms. The van der Waals surface area contributed by atoms with Gasteiger partial charge in [0.25, 0.3) is 20.2 Å². The van der Waals surface area contributed by atoms with Gasteiger partial charge in [0.2, 0.25) is 0 Å². The van der Waals surface area contributed by atoms with E-state index in [-0.39, 0.29) is 0 Å². The van der Waals surface area contributed by atoms with Crippen LogP contribution in [0.1, 0.15) is 0 Å². The van der Waals surface area contributed by atoms with E-state index in [9.17, 15) is 16.8 Å². The molecule has 0 heterocycles. The van der Waals surface area contributed by atoms with Crippen LogP contribution in [0.25, 0.3) is 0 Å². The fraction of sp³-hybridized carbons (Fsp3) is 1.00. The van der Waals surface area contributed by atoms with E-state index in [1.54, 1.807) is 0 Å². The summed E-state index contributed by atoms with van der Waals surface area (Å²) in [5.41, 5.74) is 14.7. The summed E-state index contributed by atoms with van der Waals surface area (Å²) in [5.74, 6) is 0. The molecule has 0 aliphatic carbocycles. The van der Waals surface area contributed by atoms with Crippen molar-refractivity contribution in [3.63, 3.8) is 0 Å². The topological polar surface area (TPSA) is 213 Å². The van der Waals surface area contributed by atoms with Crippen LogP contribution in [0.4, 0.5) is 0 Å². The quantitative estimate of drug-likeness (QED) is 0.208. The van der Waals surface area contributed by atoms with Gasteiger partial charge in [0.1, 0.15) is 0 Å². The van der Waals surface area contributed by atoms with Crippen LogP contribution in [0.3, 0.4) is 0 Å². The molecule has 0 aromatic heterocycles. The van der Waals surface area contributed by atoms with Crippen LogP contribution in [0, 0.1) is 0 Å². The Morgan fingerprint density at radius 3 is 0.786 bits per heavy atom. The van der Waals surface area contributed by atoms with Crippen LogP contribution in [-0.2, 0) is 20.2 Å². The Morgan fingerprint density at radius 1 is 0.714 bits per heavy atom. The van der Waals surface area contributed by atoms with E-state index in [0.717, 1.165) is 0 Å². The lowest BCUT2D eigenvalue weighted by atomic mass is 11.2. The van der Waals surface area contributed by atoms with Crippen molar-refractivity contribution in [1.82, 2.24) is 0 Å². The summed E-state index contributed by atoms with van der Waals surface area (Å²) >= 11 is 0. The molecule has 0 rings (SSSR count). The minimum atomic E-state index is -4.19. The minimum absolute atomic E-state index is 1.67. The highest BCUT2D eigenvalue weighted by Crippen LogP contribution is 1.77. The fourth-order valence-electron chi connectivity index (χ4n) is 0. The second kappa shape index (κ2) is 5.52. The van der Waals surface area contributed by atoms with Gasteiger partial charge in [0.05, 0.1) is 0 Å². The third kappa shape index (κ3) is 9.75. The molecule has 0 saturated carbocycles. The SMILES string of the molecule is NC(N)S(=O)(=O)O.NC(N)S(=O)(=O)O. The smallest absolute Gasteiger partial charge is 0.294 e. The molecular weight excluding hydrogens is 240 g/mol. The molecule has 0 aliphatic rings. The highest BCUT2D eigenvalue weighted by atomic mass is 32.2. The number of rotatable bonds is 2. The Labute approximate surface area is 80.7 Å². The first kappa shape index (κ1) is 16.1. The maximum absolute atomic E-state index is 9.64. The summed E-state index contributed by atoms with van der Waals surface area (Å²) < 4.78 is 54.2. The molecule has 10 nitrogen and oxygen atoms in total. The highest BCUT2D eigenvalue weighted by Gasteiger charge is 2.10. The first-order chi connectivity index (χ1) is 5.89. The van der Waals surface area contributed by atoms with Gasteiger partial charge in [-0.15, -0.1) is 0 Å². The van der Waals surface area contributed by atoms with Gasteiger partial charge in [-0.2, -0.15) is 16.8 Å². The standard InChI is InChI=1S/2CH6N2O3S/c2*2-1(3)7(4,5)6/h2*1H,2-3H2,(H,4,5,6). The number of hydrogen-bond donors (Lipinski definition) is 6. The second-order valence-corrected chi connectivity index (χ2v) is 5.11. The van der Waals surface area contributed by atoms with Crippen molar-refractivity contribution in [2.75, 3.05) is 0 Å². The first-order valence-corrected chi connectivity index (χ1v) is 5.84. The van der Waals surface area contributed by atoms with E-state index < -0.39 is 31.2 Å². The van der Waals surface area contributed by atoms with Crippen molar-refractivity contribution in [2.24, 2.45) is 22.9 Å². The molecule has 10 N–H and O–H groups in total. The van der Waals surface area contributed by atoms with Crippen molar-refractivity contribution >= 4 is 20.2 Å². The molecule has 0 saturated heterocycles. The molecule has 0 fully saturated rings. The van der Waals surface area contributed by atoms with E-state index in [2.05, 4.69) is 22.9 Å². The molecule has 0 radical (unpaired) electrons. The van der Waals surface area contributed by atoms with Gasteiger partial charge < -0.3 is 22.9 Å². The monoisotopic (exact) mass is 252 g/mol. The van der Waals surface area contributed by atoms with Crippen molar-refractivity contribution in [3.8, 4) is 0 Å². The maximum atomic E-state index is 9.64. The van der Waals surface area contributed by atoms with E-state index in [4.69, 9.17) is 9.11 Å². The zero-order valence-electron chi connectivity index (χ0n) is 6.81. The van der Waals surface area contributed by atoms with Gasteiger partial charge in [-0.05, 0) is 0 Å². The Hall–Kier alpha value is -0.340. The lowest BCUT2D eigenvalue weighted by Gasteiger charge is -1.95. The second-order valence-electron chi connectivity index (χ2n) is 1.96. The minimum Gasteiger partial charge on any atom is -0.301 e. The lowest BCUT2D eigenvalue weighted by Crippen LogP contribution is -2.38.